The van der Waals surface area contributed by atoms with Gasteiger partial charge in [-0.2, -0.15) is 37.2 Å². The van der Waals surface area contributed by atoms with Gasteiger partial charge in [0.2, 0.25) is 11.8 Å². The van der Waals surface area contributed by atoms with Gasteiger partial charge in [0.25, 0.3) is 5.56 Å². The fourth-order valence-electron chi connectivity index (χ4n) is 9.24. The summed E-state index contributed by atoms with van der Waals surface area (Å²) in [7, 11) is 0. The number of aryl methyl sites for hydroxylation is 1. The van der Waals surface area contributed by atoms with E-state index in [-0.39, 0.29) is 54.2 Å². The first-order valence-corrected chi connectivity index (χ1v) is 21.1. The minimum atomic E-state index is -4.79. The van der Waals surface area contributed by atoms with Crippen molar-refractivity contribution < 1.29 is 31.5 Å². The van der Waals surface area contributed by atoms with E-state index in [0.717, 1.165) is 70.5 Å². The lowest BCUT2D eigenvalue weighted by atomic mass is 9.96. The molecule has 328 valence electrons. The molecule has 7 heterocycles. The average molecular weight is 870 g/mol. The number of halogens is 5. The summed E-state index contributed by atoms with van der Waals surface area (Å²) >= 11 is 0. The van der Waals surface area contributed by atoms with Gasteiger partial charge in [0.05, 0.1) is 41.1 Å². The van der Waals surface area contributed by atoms with Gasteiger partial charge in [-0.25, -0.2) is 9.67 Å². The number of nitrogens with one attached hydrogen (secondary N) is 1. The van der Waals surface area contributed by atoms with E-state index in [1.54, 1.807) is 36.9 Å². The van der Waals surface area contributed by atoms with Gasteiger partial charge in [-0.15, -0.1) is 0 Å². The van der Waals surface area contributed by atoms with Crippen LogP contribution in [0.5, 0.6) is 0 Å². The molecule has 4 fully saturated rings. The second-order valence-corrected chi connectivity index (χ2v) is 18.2. The molecule has 0 aromatic carbocycles. The number of likely N-dealkylation sites (tertiary alicyclic amines) is 1. The molecule has 14 nitrogen and oxygen atoms in total. The topological polar surface area (TPSA) is 151 Å². The van der Waals surface area contributed by atoms with Crippen molar-refractivity contribution in [2.75, 3.05) is 6.54 Å². The average Bonchev–Trinajstić information content (AvgIpc) is 4.19. The molecule has 3 aliphatic carbocycles. The summed E-state index contributed by atoms with van der Waals surface area (Å²) in [4.78, 5) is 52.9. The van der Waals surface area contributed by atoms with Crippen LogP contribution in [0.2, 0.25) is 0 Å². The Hall–Kier alpha value is -6.27. The predicted molar refractivity (Wildman–Crippen MR) is 218 cm³/mol. The number of fused-ring (bicyclic) bond motifs is 1. The van der Waals surface area contributed by atoms with E-state index >= 15 is 0 Å². The molecule has 63 heavy (non-hydrogen) atoms. The van der Waals surface area contributed by atoms with Gasteiger partial charge >= 0.3 is 12.7 Å². The molecule has 2 amide bonds. The van der Waals surface area contributed by atoms with Crippen molar-refractivity contribution in [2.45, 2.75) is 115 Å². The number of carbonyl (C=O) groups is 2. The maximum atomic E-state index is 14.6. The molecular weight excluding hydrogens is 826 g/mol. The predicted octanol–water partition coefficient (Wildman–Crippen LogP) is 7.02. The van der Waals surface area contributed by atoms with E-state index in [9.17, 15) is 36.3 Å². The van der Waals surface area contributed by atoms with Crippen LogP contribution in [0.1, 0.15) is 99.4 Å². The summed E-state index contributed by atoms with van der Waals surface area (Å²) < 4.78 is 74.4. The van der Waals surface area contributed by atoms with Crippen LogP contribution in [0, 0.1) is 12.3 Å². The first-order valence-electron chi connectivity index (χ1n) is 21.1. The third-order valence-corrected chi connectivity index (χ3v) is 12.9. The van der Waals surface area contributed by atoms with Crippen LogP contribution in [0.25, 0.3) is 33.5 Å². The van der Waals surface area contributed by atoms with Crippen molar-refractivity contribution in [3.05, 3.63) is 100 Å². The molecule has 0 unspecified atom stereocenters. The second kappa shape index (κ2) is 14.7. The number of pyridine rings is 3. The summed E-state index contributed by atoms with van der Waals surface area (Å²) in [5, 5.41) is 16.0. The van der Waals surface area contributed by atoms with Gasteiger partial charge in [0.15, 0.2) is 11.3 Å². The van der Waals surface area contributed by atoms with Gasteiger partial charge in [-0.1, -0.05) is 6.07 Å². The highest BCUT2D eigenvalue weighted by molar-refractivity contribution is 5.95. The van der Waals surface area contributed by atoms with Crippen molar-refractivity contribution in [3.8, 4) is 22.5 Å². The number of nitrogens with zero attached hydrogens (tertiary/aromatic N) is 10. The quantitative estimate of drug-likeness (QED) is 0.122. The third kappa shape index (κ3) is 7.68. The van der Waals surface area contributed by atoms with Gasteiger partial charge in [0.1, 0.15) is 6.04 Å². The number of hydrogen-bond acceptors (Lipinski definition) is 8. The minimum Gasteiger partial charge on any atom is -0.348 e. The van der Waals surface area contributed by atoms with Crippen molar-refractivity contribution in [3.63, 3.8) is 0 Å². The highest BCUT2D eigenvalue weighted by atomic mass is 19.4. The minimum absolute atomic E-state index is 0.0357. The van der Waals surface area contributed by atoms with Crippen LogP contribution in [-0.4, -0.2) is 78.7 Å². The summed E-state index contributed by atoms with van der Waals surface area (Å²) in [6.07, 6.45) is 7.65. The van der Waals surface area contributed by atoms with E-state index in [1.807, 2.05) is 36.0 Å². The van der Waals surface area contributed by atoms with Crippen molar-refractivity contribution >= 4 is 22.8 Å². The molecular formula is C44H44F5N11O3. The van der Waals surface area contributed by atoms with E-state index in [2.05, 4.69) is 25.6 Å². The van der Waals surface area contributed by atoms with Crippen molar-refractivity contribution in [1.82, 2.24) is 54.1 Å². The van der Waals surface area contributed by atoms with Crippen LogP contribution in [0.4, 0.5) is 22.0 Å². The zero-order valence-corrected chi connectivity index (χ0v) is 34.7. The number of carbonyl (C=O) groups excluding carboxylic acids is 2. The molecule has 6 aromatic rings. The number of hydrogen-bond donors (Lipinski definition) is 1. The summed E-state index contributed by atoms with van der Waals surface area (Å²) in [6, 6.07) is 8.99. The molecule has 10 rings (SSSR count). The van der Waals surface area contributed by atoms with Crippen LogP contribution < -0.4 is 10.9 Å². The fourth-order valence-corrected chi connectivity index (χ4v) is 9.24. The molecule has 6 aromatic heterocycles. The molecule has 0 radical (unpaired) electrons. The van der Waals surface area contributed by atoms with Gasteiger partial charge in [-0.05, 0) is 94.7 Å². The standard InChI is InChI=1S/C44H44F5N11O3/c1-24-31(8-9-33(52-24)27-15-28-22-58(30-6-7-30)55-38(28)50-20-27)32-18-43(32)11-13-57(40(43)63)35(14-25-19-51-59(21-25)41(45)46)39(62)53-42(2,3)23-60-34(17-36(54-60)44(47,48)49)26-10-12-56(29-4-5-29)37(61)16-26/h8-10,12,15-17,19-22,29-30,32,35,41H,4-7,11,13-14,18,23H2,1-3H3,(H,53,62)/t32-,35-,43+/m1/s1. The lowest BCUT2D eigenvalue weighted by Crippen LogP contribution is -2.56. The second-order valence-electron chi connectivity index (χ2n) is 18.2. The van der Waals surface area contributed by atoms with Gasteiger partial charge in [0, 0.05) is 78.0 Å². The van der Waals surface area contributed by atoms with Crippen LogP contribution >= 0.6 is 0 Å². The molecule has 4 aliphatic rings. The van der Waals surface area contributed by atoms with E-state index in [4.69, 9.17) is 4.98 Å². The summed E-state index contributed by atoms with van der Waals surface area (Å²) in [5.41, 5.74) is 0.937. The molecule has 1 N–H and O–H groups in total. The van der Waals surface area contributed by atoms with E-state index < -0.39 is 41.3 Å². The van der Waals surface area contributed by atoms with Crippen molar-refractivity contribution in [2.24, 2.45) is 5.41 Å². The molecule has 3 saturated carbocycles. The monoisotopic (exact) mass is 869 g/mol. The molecule has 19 heteroatoms. The number of rotatable bonds is 13. The Bertz CT molecular complexity index is 2850. The first kappa shape index (κ1) is 40.8. The lowest BCUT2D eigenvalue weighted by Gasteiger charge is -2.33. The SMILES string of the molecule is Cc1nc(-c2cnc3nn(C4CC4)cc3c2)ccc1[C@H]1C[C@@]12CCN([C@H](Cc1cnn(C(F)F)c1)C(=O)NC(C)(C)Cn1nc(C(F)(F)F)cc1-c1ccn(C3CC3)c(=O)c1)C2=O. The number of alkyl halides is 5. The molecule has 0 bridgehead atoms. The molecule has 1 saturated heterocycles. The van der Waals surface area contributed by atoms with Gasteiger partial charge < -0.3 is 14.8 Å². The van der Waals surface area contributed by atoms with Gasteiger partial charge in [-0.3, -0.25) is 28.7 Å². The largest absolute Gasteiger partial charge is 0.435 e. The highest BCUT2D eigenvalue weighted by Crippen LogP contribution is 2.65. The fraction of sp³-hybridized carbons (Fsp3) is 0.455. The Morgan fingerprint density at radius 2 is 1.75 bits per heavy atom. The highest BCUT2D eigenvalue weighted by Gasteiger charge is 2.65. The van der Waals surface area contributed by atoms with Crippen LogP contribution in [-0.2, 0) is 28.7 Å². The van der Waals surface area contributed by atoms with Crippen LogP contribution in [0.15, 0.2) is 72.2 Å². The Balaban J connectivity index is 0.892. The Morgan fingerprint density at radius 3 is 2.43 bits per heavy atom. The van der Waals surface area contributed by atoms with E-state index in [1.165, 1.54) is 17.2 Å². The Morgan fingerprint density at radius 1 is 0.968 bits per heavy atom. The Kier molecular flexibility index (Phi) is 9.49. The number of amides is 2. The Labute approximate surface area is 357 Å². The first-order chi connectivity index (χ1) is 30.0. The van der Waals surface area contributed by atoms with Crippen LogP contribution in [0.3, 0.4) is 0 Å². The lowest BCUT2D eigenvalue weighted by molar-refractivity contribution is -0.141. The maximum absolute atomic E-state index is 14.6. The normalized spacial score (nSPS) is 20.7. The summed E-state index contributed by atoms with van der Waals surface area (Å²) in [6.45, 7) is 2.17. The van der Waals surface area contributed by atoms with E-state index in [0.29, 0.717) is 34.8 Å². The molecule has 1 spiro atoms. The summed E-state index contributed by atoms with van der Waals surface area (Å²) in [5.74, 6) is -1.04. The number of aromatic nitrogens is 9. The molecule has 1 aliphatic heterocycles. The zero-order chi connectivity index (χ0) is 44.2. The smallest absolute Gasteiger partial charge is 0.348 e. The maximum Gasteiger partial charge on any atom is 0.435 e. The van der Waals surface area contributed by atoms with Crippen molar-refractivity contribution in [1.29, 1.82) is 0 Å². The third-order valence-electron chi connectivity index (χ3n) is 12.9. The molecule has 3 atom stereocenters. The zero-order valence-electron chi connectivity index (χ0n) is 34.7.